The van der Waals surface area contributed by atoms with Gasteiger partial charge < -0.3 is 9.88 Å². The third-order valence-electron chi connectivity index (χ3n) is 5.77. The molecule has 2 N–H and O–H groups in total. The number of hydrogen-bond donors (Lipinski definition) is 2. The van der Waals surface area contributed by atoms with Crippen molar-refractivity contribution in [2.45, 2.75) is 19.4 Å². The topological polar surface area (TPSA) is 114 Å². The lowest BCUT2D eigenvalue weighted by molar-refractivity contribution is -0.117. The SMILES string of the molecule is CC(C(=O)Nc1nc2ccc(NC(=O)C3=NCSC3)cc2n1Cc1cnccn1)c1cccc(Cl)c1. The second kappa shape index (κ2) is 10.5. The van der Waals surface area contributed by atoms with Crippen LogP contribution in [0, 0.1) is 0 Å². The summed E-state index contributed by atoms with van der Waals surface area (Å²) < 4.78 is 1.85. The Morgan fingerprint density at radius 2 is 2.06 bits per heavy atom. The van der Waals surface area contributed by atoms with Crippen LogP contribution in [0.15, 0.2) is 66.0 Å². The third kappa shape index (κ3) is 5.24. The molecule has 0 radical (unpaired) electrons. The number of nitrogens with one attached hydrogen (secondary N) is 2. The van der Waals surface area contributed by atoms with E-state index in [9.17, 15) is 9.59 Å². The van der Waals surface area contributed by atoms with Gasteiger partial charge in [0, 0.05) is 28.9 Å². The molecule has 1 atom stereocenters. The number of fused-ring (bicyclic) bond motifs is 1. The first-order valence-electron chi connectivity index (χ1n) is 11.2. The Bertz CT molecular complexity index is 1470. The lowest BCUT2D eigenvalue weighted by Crippen LogP contribution is -2.23. The molecule has 2 amide bonds. The molecule has 1 aliphatic rings. The molecule has 0 spiro atoms. The van der Waals surface area contributed by atoms with E-state index in [0.29, 0.717) is 51.8 Å². The van der Waals surface area contributed by atoms with Gasteiger partial charge in [0.1, 0.15) is 5.71 Å². The second-order valence-electron chi connectivity index (χ2n) is 8.22. The van der Waals surface area contributed by atoms with Crippen LogP contribution in [0.5, 0.6) is 0 Å². The summed E-state index contributed by atoms with van der Waals surface area (Å²) in [4.78, 5) is 43.1. The van der Waals surface area contributed by atoms with Crippen LogP contribution in [0.25, 0.3) is 11.0 Å². The zero-order valence-electron chi connectivity index (χ0n) is 19.3. The molecule has 4 aromatic rings. The molecule has 182 valence electrons. The molecule has 0 saturated carbocycles. The molecule has 2 aromatic carbocycles. The highest BCUT2D eigenvalue weighted by Gasteiger charge is 2.21. The molecule has 1 unspecified atom stereocenters. The van der Waals surface area contributed by atoms with Gasteiger partial charge in [0.15, 0.2) is 0 Å². The maximum Gasteiger partial charge on any atom is 0.270 e. The van der Waals surface area contributed by atoms with Crippen LogP contribution in [0.1, 0.15) is 24.1 Å². The summed E-state index contributed by atoms with van der Waals surface area (Å²) in [7, 11) is 0. The van der Waals surface area contributed by atoms with Crippen molar-refractivity contribution in [3.05, 3.63) is 77.3 Å². The molecule has 5 rings (SSSR count). The van der Waals surface area contributed by atoms with Crippen molar-refractivity contribution in [2.75, 3.05) is 22.3 Å². The first-order chi connectivity index (χ1) is 17.5. The van der Waals surface area contributed by atoms with Crippen molar-refractivity contribution >= 4 is 63.6 Å². The minimum absolute atomic E-state index is 0.219. The van der Waals surface area contributed by atoms with E-state index >= 15 is 0 Å². The van der Waals surface area contributed by atoms with Crippen molar-refractivity contribution in [1.82, 2.24) is 19.5 Å². The molecule has 0 fully saturated rings. The van der Waals surface area contributed by atoms with Crippen LogP contribution in [0.3, 0.4) is 0 Å². The van der Waals surface area contributed by atoms with Gasteiger partial charge in [-0.2, -0.15) is 0 Å². The molecule has 3 heterocycles. The Morgan fingerprint density at radius 1 is 1.17 bits per heavy atom. The van der Waals surface area contributed by atoms with Crippen LogP contribution in [0.4, 0.5) is 11.6 Å². The van der Waals surface area contributed by atoms with Gasteiger partial charge in [-0.05, 0) is 42.8 Å². The predicted octanol–water partition coefficient (Wildman–Crippen LogP) is 4.35. The fourth-order valence-electron chi connectivity index (χ4n) is 3.83. The first kappa shape index (κ1) is 24.0. The zero-order valence-corrected chi connectivity index (χ0v) is 20.9. The van der Waals surface area contributed by atoms with E-state index in [2.05, 4.69) is 30.6 Å². The third-order valence-corrected chi connectivity index (χ3v) is 6.79. The standard InChI is InChI=1S/C25H22ClN7O2S/c1-15(16-3-2-4-17(26)9-16)23(34)32-25-31-20-6-5-18(30-24(35)21-13-36-14-29-21)10-22(20)33(25)12-19-11-27-7-8-28-19/h2-11,15H,12-14H2,1H3,(H,30,35)(H,31,32,34). The summed E-state index contributed by atoms with van der Waals surface area (Å²) in [6.45, 7) is 2.14. The van der Waals surface area contributed by atoms with Gasteiger partial charge in [0.2, 0.25) is 11.9 Å². The number of benzene rings is 2. The number of carbonyl (C=O) groups excluding carboxylic acids is 2. The normalized spacial score (nSPS) is 13.9. The number of rotatable bonds is 7. The van der Waals surface area contributed by atoms with E-state index in [1.807, 2.05) is 29.7 Å². The Hall–Kier alpha value is -3.76. The van der Waals surface area contributed by atoms with Crippen LogP contribution in [-0.4, -0.2) is 48.7 Å². The molecule has 36 heavy (non-hydrogen) atoms. The minimum Gasteiger partial charge on any atom is -0.321 e. The monoisotopic (exact) mass is 519 g/mol. The van der Waals surface area contributed by atoms with Gasteiger partial charge in [-0.25, -0.2) is 4.98 Å². The largest absolute Gasteiger partial charge is 0.321 e. The summed E-state index contributed by atoms with van der Waals surface area (Å²) in [5, 5.41) is 6.43. The smallest absolute Gasteiger partial charge is 0.270 e. The fraction of sp³-hybridized carbons (Fsp3) is 0.200. The van der Waals surface area contributed by atoms with Crippen molar-refractivity contribution in [3.63, 3.8) is 0 Å². The van der Waals surface area contributed by atoms with Gasteiger partial charge >= 0.3 is 0 Å². The lowest BCUT2D eigenvalue weighted by Gasteiger charge is -2.14. The number of imidazole rings is 1. The van der Waals surface area contributed by atoms with Gasteiger partial charge in [-0.1, -0.05) is 23.7 Å². The van der Waals surface area contributed by atoms with Gasteiger partial charge in [0.25, 0.3) is 5.91 Å². The molecule has 11 heteroatoms. The highest BCUT2D eigenvalue weighted by Crippen LogP contribution is 2.26. The predicted molar refractivity (Wildman–Crippen MR) is 143 cm³/mol. The van der Waals surface area contributed by atoms with E-state index in [-0.39, 0.29) is 11.8 Å². The van der Waals surface area contributed by atoms with E-state index in [0.717, 1.165) is 11.1 Å². The quantitative estimate of drug-likeness (QED) is 0.375. The molecule has 1 aliphatic heterocycles. The number of halogens is 1. The van der Waals surface area contributed by atoms with Gasteiger partial charge in [0.05, 0.1) is 41.3 Å². The summed E-state index contributed by atoms with van der Waals surface area (Å²) in [5.74, 6) is 0.674. The van der Waals surface area contributed by atoms with E-state index < -0.39 is 5.92 Å². The summed E-state index contributed by atoms with van der Waals surface area (Å²) in [5.41, 5.74) is 4.02. The lowest BCUT2D eigenvalue weighted by atomic mass is 10.0. The van der Waals surface area contributed by atoms with E-state index in [4.69, 9.17) is 11.6 Å². The number of hydrogen-bond acceptors (Lipinski definition) is 7. The summed E-state index contributed by atoms with van der Waals surface area (Å²) in [6.07, 6.45) is 4.87. The zero-order chi connectivity index (χ0) is 25.1. The molecular weight excluding hydrogens is 498 g/mol. The Balaban J connectivity index is 1.47. The fourth-order valence-corrected chi connectivity index (χ4v) is 4.78. The van der Waals surface area contributed by atoms with Crippen molar-refractivity contribution in [3.8, 4) is 0 Å². The average Bonchev–Trinajstić information content (AvgIpc) is 3.53. The number of anilines is 2. The second-order valence-corrected chi connectivity index (χ2v) is 9.62. The van der Waals surface area contributed by atoms with Crippen LogP contribution in [0.2, 0.25) is 5.02 Å². The number of nitrogens with zero attached hydrogens (tertiary/aromatic N) is 5. The summed E-state index contributed by atoms with van der Waals surface area (Å²) in [6, 6.07) is 12.6. The maximum absolute atomic E-state index is 13.2. The maximum atomic E-state index is 13.2. The number of thioether (sulfide) groups is 1. The number of aliphatic imine (C=N–C) groups is 1. The number of carbonyl (C=O) groups is 2. The molecular formula is C25H22ClN7O2S. The highest BCUT2D eigenvalue weighted by molar-refractivity contribution is 8.00. The van der Waals surface area contributed by atoms with Crippen molar-refractivity contribution < 1.29 is 9.59 Å². The van der Waals surface area contributed by atoms with E-state index in [1.54, 1.807) is 54.6 Å². The number of amides is 2. The average molecular weight is 520 g/mol. The van der Waals surface area contributed by atoms with Gasteiger partial charge in [-0.15, -0.1) is 11.8 Å². The van der Waals surface area contributed by atoms with Crippen LogP contribution < -0.4 is 10.6 Å². The molecule has 0 aliphatic carbocycles. The van der Waals surface area contributed by atoms with Crippen LogP contribution >= 0.6 is 23.4 Å². The molecule has 0 bridgehead atoms. The minimum atomic E-state index is -0.451. The molecule has 2 aromatic heterocycles. The molecule has 9 nitrogen and oxygen atoms in total. The van der Waals surface area contributed by atoms with E-state index in [1.165, 1.54) is 0 Å². The Labute approximate surface area is 216 Å². The highest BCUT2D eigenvalue weighted by atomic mass is 35.5. The Kier molecular flexibility index (Phi) is 6.97. The number of aromatic nitrogens is 4. The Morgan fingerprint density at radius 3 is 2.81 bits per heavy atom. The van der Waals surface area contributed by atoms with Crippen molar-refractivity contribution in [2.24, 2.45) is 4.99 Å². The van der Waals surface area contributed by atoms with Gasteiger partial charge in [-0.3, -0.25) is 29.9 Å². The van der Waals surface area contributed by atoms with Crippen LogP contribution in [-0.2, 0) is 16.1 Å². The van der Waals surface area contributed by atoms with Crippen molar-refractivity contribution in [1.29, 1.82) is 0 Å². The summed E-state index contributed by atoms with van der Waals surface area (Å²) >= 11 is 7.71. The first-order valence-corrected chi connectivity index (χ1v) is 12.7. The molecule has 0 saturated heterocycles.